The minimum atomic E-state index is -1.17. The topological polar surface area (TPSA) is 98.7 Å². The van der Waals surface area contributed by atoms with E-state index in [1.165, 1.54) is 0 Å². The lowest BCUT2D eigenvalue weighted by Crippen LogP contribution is -2.55. The Morgan fingerprint density at radius 2 is 1.83 bits per heavy atom. The van der Waals surface area contributed by atoms with Gasteiger partial charge in [0.25, 0.3) is 0 Å². The SMILES string of the molecule is CC(C)C[C@H](NC(=O)O)C(=O)N1CCN(c2ncccn2)CC1. The van der Waals surface area contributed by atoms with Crippen molar-refractivity contribution in [3.05, 3.63) is 18.5 Å². The van der Waals surface area contributed by atoms with Crippen LogP contribution in [0.25, 0.3) is 0 Å². The fraction of sp³-hybridized carbons (Fsp3) is 0.600. The molecule has 1 aromatic heterocycles. The lowest BCUT2D eigenvalue weighted by Gasteiger charge is -2.36. The average molecular weight is 321 g/mol. The summed E-state index contributed by atoms with van der Waals surface area (Å²) < 4.78 is 0. The zero-order chi connectivity index (χ0) is 16.8. The van der Waals surface area contributed by atoms with E-state index in [4.69, 9.17) is 5.11 Å². The van der Waals surface area contributed by atoms with Crippen molar-refractivity contribution < 1.29 is 14.7 Å². The van der Waals surface area contributed by atoms with Gasteiger partial charge in [-0.1, -0.05) is 13.8 Å². The van der Waals surface area contributed by atoms with E-state index in [9.17, 15) is 9.59 Å². The van der Waals surface area contributed by atoms with Crippen molar-refractivity contribution >= 4 is 17.9 Å². The quantitative estimate of drug-likeness (QED) is 0.832. The molecule has 2 N–H and O–H groups in total. The van der Waals surface area contributed by atoms with E-state index < -0.39 is 12.1 Å². The van der Waals surface area contributed by atoms with E-state index in [1.807, 2.05) is 18.7 Å². The molecule has 126 valence electrons. The number of amides is 2. The molecule has 0 bridgehead atoms. The van der Waals surface area contributed by atoms with Crippen LogP contribution in [0.15, 0.2) is 18.5 Å². The van der Waals surface area contributed by atoms with Crippen LogP contribution in [-0.2, 0) is 4.79 Å². The molecule has 1 aliphatic heterocycles. The van der Waals surface area contributed by atoms with Crippen molar-refractivity contribution in [1.29, 1.82) is 0 Å². The fourth-order valence-corrected chi connectivity index (χ4v) is 2.64. The van der Waals surface area contributed by atoms with Gasteiger partial charge in [0.15, 0.2) is 0 Å². The van der Waals surface area contributed by atoms with Gasteiger partial charge < -0.3 is 20.2 Å². The summed E-state index contributed by atoms with van der Waals surface area (Å²) in [7, 11) is 0. The molecule has 1 aliphatic rings. The van der Waals surface area contributed by atoms with Crippen LogP contribution in [0.5, 0.6) is 0 Å². The number of rotatable bonds is 5. The first kappa shape index (κ1) is 17.0. The third kappa shape index (κ3) is 4.80. The van der Waals surface area contributed by atoms with Crippen LogP contribution in [0.1, 0.15) is 20.3 Å². The van der Waals surface area contributed by atoms with Crippen molar-refractivity contribution in [2.75, 3.05) is 31.1 Å². The predicted molar refractivity (Wildman–Crippen MR) is 85.2 cm³/mol. The largest absolute Gasteiger partial charge is 0.465 e. The van der Waals surface area contributed by atoms with E-state index >= 15 is 0 Å². The number of carbonyl (C=O) groups excluding carboxylic acids is 1. The standard InChI is InChI=1S/C15H23N5O3/c1-11(2)10-12(18-15(22)23)13(21)19-6-8-20(9-7-19)14-16-4-3-5-17-14/h3-5,11-12,18H,6-10H2,1-2H3,(H,22,23)/t12-/m0/s1. The maximum Gasteiger partial charge on any atom is 0.405 e. The maximum absolute atomic E-state index is 12.6. The molecule has 0 radical (unpaired) electrons. The average Bonchev–Trinajstić information content (AvgIpc) is 2.54. The smallest absolute Gasteiger partial charge is 0.405 e. The van der Waals surface area contributed by atoms with E-state index in [0.717, 1.165) is 0 Å². The van der Waals surface area contributed by atoms with Crippen molar-refractivity contribution in [3.63, 3.8) is 0 Å². The molecule has 1 fully saturated rings. The normalized spacial score (nSPS) is 16.3. The molecule has 8 heteroatoms. The fourth-order valence-electron chi connectivity index (χ4n) is 2.64. The monoisotopic (exact) mass is 321 g/mol. The second kappa shape index (κ2) is 7.75. The van der Waals surface area contributed by atoms with Gasteiger partial charge in [-0.15, -0.1) is 0 Å². The van der Waals surface area contributed by atoms with Gasteiger partial charge >= 0.3 is 6.09 Å². The van der Waals surface area contributed by atoms with E-state index in [1.54, 1.807) is 23.4 Å². The highest BCUT2D eigenvalue weighted by molar-refractivity contribution is 5.85. The molecule has 2 rings (SSSR count). The summed E-state index contributed by atoms with van der Waals surface area (Å²) in [5.74, 6) is 0.728. The Balaban J connectivity index is 1.94. The lowest BCUT2D eigenvalue weighted by atomic mass is 10.0. The number of hydrogen-bond donors (Lipinski definition) is 2. The zero-order valence-corrected chi connectivity index (χ0v) is 13.5. The highest BCUT2D eigenvalue weighted by atomic mass is 16.4. The third-order valence-corrected chi connectivity index (χ3v) is 3.73. The Bertz CT molecular complexity index is 529. The molecule has 0 spiro atoms. The second-order valence-electron chi connectivity index (χ2n) is 5.99. The summed E-state index contributed by atoms with van der Waals surface area (Å²) >= 11 is 0. The highest BCUT2D eigenvalue weighted by Crippen LogP contribution is 2.13. The summed E-state index contributed by atoms with van der Waals surface area (Å²) in [6.07, 6.45) is 2.71. The van der Waals surface area contributed by atoms with Gasteiger partial charge in [-0.25, -0.2) is 14.8 Å². The Morgan fingerprint density at radius 3 is 2.35 bits per heavy atom. The molecule has 2 amide bonds. The number of aromatic nitrogens is 2. The molecule has 1 atom stereocenters. The summed E-state index contributed by atoms with van der Waals surface area (Å²) in [6, 6.07) is 1.07. The first-order valence-electron chi connectivity index (χ1n) is 7.77. The van der Waals surface area contributed by atoms with Gasteiger partial charge in [-0.3, -0.25) is 4.79 Å². The van der Waals surface area contributed by atoms with Crippen LogP contribution in [-0.4, -0.2) is 64.2 Å². The highest BCUT2D eigenvalue weighted by Gasteiger charge is 2.29. The van der Waals surface area contributed by atoms with Crippen LogP contribution >= 0.6 is 0 Å². The molecule has 0 aromatic carbocycles. The van der Waals surface area contributed by atoms with Crippen molar-refractivity contribution in [2.45, 2.75) is 26.3 Å². The summed E-state index contributed by atoms with van der Waals surface area (Å²) in [5, 5.41) is 11.3. The van der Waals surface area contributed by atoms with Crippen LogP contribution < -0.4 is 10.2 Å². The second-order valence-corrected chi connectivity index (χ2v) is 5.99. The first-order chi connectivity index (χ1) is 11.0. The zero-order valence-electron chi connectivity index (χ0n) is 13.5. The van der Waals surface area contributed by atoms with E-state index in [2.05, 4.69) is 15.3 Å². The predicted octanol–water partition coefficient (Wildman–Crippen LogP) is 0.807. The molecule has 2 heterocycles. The maximum atomic E-state index is 12.6. The van der Waals surface area contributed by atoms with Crippen molar-refractivity contribution in [2.24, 2.45) is 5.92 Å². The van der Waals surface area contributed by atoms with Gasteiger partial charge in [-0.2, -0.15) is 0 Å². The number of nitrogens with zero attached hydrogens (tertiary/aromatic N) is 4. The molecule has 8 nitrogen and oxygen atoms in total. The number of nitrogens with one attached hydrogen (secondary N) is 1. The summed E-state index contributed by atoms with van der Waals surface area (Å²) in [4.78, 5) is 35.6. The lowest BCUT2D eigenvalue weighted by molar-refractivity contribution is -0.134. The van der Waals surface area contributed by atoms with Gasteiger partial charge in [0, 0.05) is 38.6 Å². The van der Waals surface area contributed by atoms with Gasteiger partial charge in [-0.05, 0) is 18.4 Å². The summed E-state index contributed by atoms with van der Waals surface area (Å²) in [5.41, 5.74) is 0. The minimum absolute atomic E-state index is 0.158. The Kier molecular flexibility index (Phi) is 5.72. The number of piperazine rings is 1. The molecule has 1 aromatic rings. The van der Waals surface area contributed by atoms with Crippen LogP contribution in [0.2, 0.25) is 0 Å². The molecular formula is C15H23N5O3. The van der Waals surface area contributed by atoms with Gasteiger partial charge in [0.05, 0.1) is 0 Å². The number of carboxylic acid groups (broad SMARTS) is 1. The number of hydrogen-bond acceptors (Lipinski definition) is 5. The van der Waals surface area contributed by atoms with E-state index in [0.29, 0.717) is 38.5 Å². The number of carbonyl (C=O) groups is 2. The summed E-state index contributed by atoms with van der Waals surface area (Å²) in [6.45, 7) is 6.28. The molecule has 0 unspecified atom stereocenters. The Labute approximate surface area is 135 Å². The minimum Gasteiger partial charge on any atom is -0.465 e. The molecule has 1 saturated heterocycles. The van der Waals surface area contributed by atoms with Crippen molar-refractivity contribution in [3.8, 4) is 0 Å². The van der Waals surface area contributed by atoms with Gasteiger partial charge in [0.2, 0.25) is 11.9 Å². The molecule has 0 saturated carbocycles. The van der Waals surface area contributed by atoms with Crippen LogP contribution in [0.3, 0.4) is 0 Å². The van der Waals surface area contributed by atoms with Gasteiger partial charge in [0.1, 0.15) is 6.04 Å². The van der Waals surface area contributed by atoms with Crippen LogP contribution in [0.4, 0.5) is 10.7 Å². The Morgan fingerprint density at radius 1 is 1.22 bits per heavy atom. The van der Waals surface area contributed by atoms with Crippen LogP contribution in [0, 0.1) is 5.92 Å². The number of anilines is 1. The Hall–Kier alpha value is -2.38. The molecule has 0 aliphatic carbocycles. The first-order valence-corrected chi connectivity index (χ1v) is 7.77. The van der Waals surface area contributed by atoms with Crippen molar-refractivity contribution in [1.82, 2.24) is 20.2 Å². The van der Waals surface area contributed by atoms with E-state index in [-0.39, 0.29) is 11.8 Å². The molecule has 23 heavy (non-hydrogen) atoms. The third-order valence-electron chi connectivity index (χ3n) is 3.73. The molecular weight excluding hydrogens is 298 g/mol.